The fourth-order valence-electron chi connectivity index (χ4n) is 3.13. The van der Waals surface area contributed by atoms with Gasteiger partial charge in [-0.3, -0.25) is 52.7 Å². The Morgan fingerprint density at radius 2 is 0.968 bits per heavy atom. The van der Waals surface area contributed by atoms with Crippen LogP contribution in [0.2, 0.25) is 0 Å². The molecule has 366 valence electrons. The minimum Gasteiger partial charge on any atom is -0.481 e. The Kier molecular flexibility index (Phi) is 55.8. The molecule has 1 rings (SSSR count). The largest absolute Gasteiger partial charge is 0.481 e. The van der Waals surface area contributed by atoms with Crippen molar-refractivity contribution in [3.63, 3.8) is 0 Å². The maximum absolute atomic E-state index is 10.9. The van der Waals surface area contributed by atoms with E-state index in [0.717, 1.165) is 23.9 Å². The Morgan fingerprint density at radius 3 is 1.22 bits per heavy atom. The SMILES string of the molecule is C.C.CNC(=O)/C=C\C(=O)O.CNC(=O)C(CC(=O)O)NC.CNC(=O)C(CC(=O)O)SC.CNC(=O)CC(NC)C(=O)O.CNC(=O)CC(SC)C(=O)O.O.O=C1C=CC(=O)C1. The highest BCUT2D eigenvalue weighted by Gasteiger charge is 2.20. The van der Waals surface area contributed by atoms with Crippen LogP contribution in [-0.2, 0) is 57.5 Å². The zero-order valence-electron chi connectivity index (χ0n) is 35.1. The first-order chi connectivity index (χ1) is 27.9. The zero-order valence-corrected chi connectivity index (χ0v) is 36.7. The molecule has 4 unspecified atom stereocenters. The van der Waals surface area contributed by atoms with Gasteiger partial charge in [-0.05, 0) is 38.8 Å². The van der Waals surface area contributed by atoms with Crippen molar-refractivity contribution in [3.8, 4) is 0 Å². The van der Waals surface area contributed by atoms with Gasteiger partial charge in [0.2, 0.25) is 29.5 Å². The van der Waals surface area contributed by atoms with Crippen LogP contribution in [0, 0.1) is 0 Å². The molecule has 0 radical (unpaired) electrons. The second-order valence-electron chi connectivity index (χ2n) is 10.7. The monoisotopic (exact) mass is 949 g/mol. The van der Waals surface area contributed by atoms with Crippen LogP contribution in [0.15, 0.2) is 24.3 Å². The fourth-order valence-corrected chi connectivity index (χ4v) is 4.29. The van der Waals surface area contributed by atoms with Crippen LogP contribution in [-0.4, -0.2) is 186 Å². The number of hydrogen-bond acceptors (Lipinski definition) is 16. The van der Waals surface area contributed by atoms with Gasteiger partial charge in [0.25, 0.3) is 0 Å². The Hall–Kier alpha value is -5.90. The van der Waals surface area contributed by atoms with E-state index in [1.807, 2.05) is 0 Å². The highest BCUT2D eigenvalue weighted by Crippen LogP contribution is 2.11. The normalized spacial score (nSPS) is 12.0. The molecule has 4 atom stereocenters. The van der Waals surface area contributed by atoms with Gasteiger partial charge in [-0.1, -0.05) is 14.9 Å². The lowest BCUT2D eigenvalue weighted by molar-refractivity contribution is -0.141. The van der Waals surface area contributed by atoms with Gasteiger partial charge in [-0.25, -0.2) is 4.79 Å². The molecule has 0 heterocycles. The number of allylic oxidation sites excluding steroid dienone is 2. The van der Waals surface area contributed by atoms with Crippen LogP contribution in [0.4, 0.5) is 0 Å². The second kappa shape index (κ2) is 47.2. The number of carboxylic acid groups (broad SMARTS) is 5. The summed E-state index contributed by atoms with van der Waals surface area (Å²) in [6.45, 7) is 0. The minimum atomic E-state index is -1.13. The molecule has 5 amide bonds. The third-order valence-corrected chi connectivity index (χ3v) is 8.31. The molecule has 0 aromatic rings. The van der Waals surface area contributed by atoms with Crippen molar-refractivity contribution in [1.82, 2.24) is 37.2 Å². The molecule has 0 spiro atoms. The topological polar surface area (TPSA) is 422 Å². The van der Waals surface area contributed by atoms with Gasteiger partial charge in [0.1, 0.15) is 11.3 Å². The molecule has 1 aliphatic carbocycles. The average Bonchev–Trinajstić information content (AvgIpc) is 3.60. The second-order valence-corrected chi connectivity index (χ2v) is 12.8. The number of amides is 5. The number of thioether (sulfide) groups is 2. The van der Waals surface area contributed by atoms with Crippen molar-refractivity contribution in [2.75, 3.05) is 61.8 Å². The fraction of sp³-hybridized carbons (Fsp3) is 0.556. The Labute approximate surface area is 375 Å². The van der Waals surface area contributed by atoms with Crippen molar-refractivity contribution in [2.24, 2.45) is 0 Å². The lowest BCUT2D eigenvalue weighted by atomic mass is 10.2. The molecule has 0 fully saturated rings. The van der Waals surface area contributed by atoms with E-state index < -0.39 is 58.3 Å². The lowest BCUT2D eigenvalue weighted by Crippen LogP contribution is -2.42. The van der Waals surface area contributed by atoms with E-state index in [2.05, 4.69) is 37.2 Å². The summed E-state index contributed by atoms with van der Waals surface area (Å²) in [7, 11) is 10.4. The highest BCUT2D eigenvalue weighted by molar-refractivity contribution is 8.00. The highest BCUT2D eigenvalue weighted by atomic mass is 32.2. The molecule has 0 saturated heterocycles. The van der Waals surface area contributed by atoms with E-state index >= 15 is 0 Å². The van der Waals surface area contributed by atoms with E-state index in [9.17, 15) is 57.5 Å². The number of carboxylic acids is 5. The molecular formula is C36H67N7O18S2. The van der Waals surface area contributed by atoms with E-state index in [-0.39, 0.29) is 87.6 Å². The summed E-state index contributed by atoms with van der Waals surface area (Å²) in [5, 5.41) is 57.4. The van der Waals surface area contributed by atoms with Crippen LogP contribution in [0.1, 0.15) is 47.0 Å². The molecule has 63 heavy (non-hydrogen) atoms. The molecule has 0 saturated carbocycles. The smallest absolute Gasteiger partial charge is 0.328 e. The van der Waals surface area contributed by atoms with E-state index in [1.165, 1.54) is 66.2 Å². The predicted octanol–water partition coefficient (Wildman–Crippen LogP) is -2.63. The van der Waals surface area contributed by atoms with Crippen molar-refractivity contribution in [1.29, 1.82) is 0 Å². The number of aliphatic carboxylic acids is 5. The van der Waals surface area contributed by atoms with Crippen LogP contribution in [0.5, 0.6) is 0 Å². The Morgan fingerprint density at radius 1 is 0.556 bits per heavy atom. The standard InChI is InChI=1S/2C6H12N2O3.2C6H11NO3S.C5H7NO3.C5H4O2.2CH4.H2O/c1-7-4(3-5(9)10)6(11)8-2;1-7-4(6(10)11)3-5(9)8-2;1-7-6(10)4(11-2)3-5(8)9;1-7-5(8)3-4(11-2)6(9)10;1-6-4(7)2-3-5(8)9;6-4-1-2-5(7)3-4;;;/h4,7H,3H2,1-2H3,(H,8,11)(H,9,10);4,7H,3H2,1-2H3,(H,8,9)(H,10,11);4H,3H2,1-2H3,(H,7,10)(H,8,9);4H,3H2,1-2H3,(H,7,8)(H,9,10);2-3H,1H3,(H,6,7)(H,8,9);1-2H,3H2;2*1H4;1H2/b;;;;3-2-;;;;. The summed E-state index contributed by atoms with van der Waals surface area (Å²) in [5.41, 5.74) is 0. The number of likely N-dealkylation sites (N-methyl/N-ethyl adjacent to an activating group) is 4. The number of rotatable bonds is 18. The maximum Gasteiger partial charge on any atom is 0.328 e. The number of carbonyl (C=O) groups excluding carboxylic acids is 7. The molecule has 0 aliphatic heterocycles. The van der Waals surface area contributed by atoms with Gasteiger partial charge in [-0.2, -0.15) is 11.8 Å². The maximum atomic E-state index is 10.9. The van der Waals surface area contributed by atoms with Gasteiger partial charge in [0, 0.05) is 53.8 Å². The number of hydrogen-bond donors (Lipinski definition) is 12. The summed E-state index contributed by atoms with van der Waals surface area (Å²) >= 11 is 2.40. The van der Waals surface area contributed by atoms with Gasteiger partial charge >= 0.3 is 29.8 Å². The average molecular weight is 950 g/mol. The molecular weight excluding hydrogens is 883 g/mol. The van der Waals surface area contributed by atoms with Crippen molar-refractivity contribution >= 4 is 94.5 Å². The lowest BCUT2D eigenvalue weighted by Gasteiger charge is -2.10. The van der Waals surface area contributed by atoms with E-state index in [0.29, 0.717) is 0 Å². The van der Waals surface area contributed by atoms with E-state index in [1.54, 1.807) is 19.6 Å². The third-order valence-electron chi connectivity index (χ3n) is 6.43. The third kappa shape index (κ3) is 48.6. The van der Waals surface area contributed by atoms with E-state index in [4.69, 9.17) is 25.5 Å². The summed E-state index contributed by atoms with van der Waals surface area (Å²) < 4.78 is 0. The van der Waals surface area contributed by atoms with Gasteiger partial charge in [0.05, 0.1) is 37.0 Å². The van der Waals surface area contributed by atoms with Crippen LogP contribution in [0.25, 0.3) is 0 Å². The van der Waals surface area contributed by atoms with Crippen LogP contribution >= 0.6 is 23.5 Å². The number of carbonyl (C=O) groups is 12. The molecule has 0 aromatic heterocycles. The summed E-state index contributed by atoms with van der Waals surface area (Å²) in [5.74, 6) is -6.68. The molecule has 0 bridgehead atoms. The number of nitrogens with one attached hydrogen (secondary N) is 7. The van der Waals surface area contributed by atoms with Crippen LogP contribution < -0.4 is 37.2 Å². The molecule has 14 N–H and O–H groups in total. The van der Waals surface area contributed by atoms with Gasteiger partial charge in [-0.15, -0.1) is 11.8 Å². The minimum absolute atomic E-state index is 0. The first kappa shape index (κ1) is 74.5. The first-order valence-corrected chi connectivity index (χ1v) is 19.5. The summed E-state index contributed by atoms with van der Waals surface area (Å²) in [6.07, 6.45) is 7.47. The molecule has 27 heteroatoms. The van der Waals surface area contributed by atoms with Gasteiger partial charge in [0.15, 0.2) is 11.6 Å². The Balaban J connectivity index is -0.0000000956. The predicted molar refractivity (Wildman–Crippen MR) is 237 cm³/mol. The molecule has 1 aliphatic rings. The van der Waals surface area contributed by atoms with Crippen LogP contribution in [0.3, 0.4) is 0 Å². The summed E-state index contributed by atoms with van der Waals surface area (Å²) in [4.78, 5) is 124. The van der Waals surface area contributed by atoms with Gasteiger partial charge < -0.3 is 68.2 Å². The first-order valence-electron chi connectivity index (χ1n) is 16.9. The number of ketones is 2. The quantitative estimate of drug-likeness (QED) is 0.0494. The summed E-state index contributed by atoms with van der Waals surface area (Å²) in [6, 6.07) is -1.44. The van der Waals surface area contributed by atoms with Crippen molar-refractivity contribution in [3.05, 3.63) is 24.3 Å². The Bertz CT molecular complexity index is 1410. The van der Waals surface area contributed by atoms with Crippen molar-refractivity contribution in [2.45, 2.75) is 69.5 Å². The zero-order chi connectivity index (χ0) is 48.0. The molecule has 0 aromatic carbocycles. The van der Waals surface area contributed by atoms with Crippen molar-refractivity contribution < 1.29 is 88.5 Å². The molecule has 25 nitrogen and oxygen atoms in total.